The molecule has 90 valence electrons. The van der Waals surface area contributed by atoms with Crippen LogP contribution in [0.2, 0.25) is 0 Å². The molecular weight excluding hydrogens is 221 g/mol. The van der Waals surface area contributed by atoms with Crippen molar-refractivity contribution in [1.82, 2.24) is 5.32 Å². The van der Waals surface area contributed by atoms with Gasteiger partial charge < -0.3 is 5.32 Å². The minimum absolute atomic E-state index is 0.171. The molecule has 0 saturated carbocycles. The SMILES string of the molecule is CC(C)CNCC(C)Sc1ccc(F)cc1. The first-order chi connectivity index (χ1) is 7.58. The van der Waals surface area contributed by atoms with Gasteiger partial charge in [0.25, 0.3) is 0 Å². The highest BCUT2D eigenvalue weighted by Gasteiger charge is 2.04. The predicted molar refractivity (Wildman–Crippen MR) is 69.4 cm³/mol. The van der Waals surface area contributed by atoms with Crippen LogP contribution in [0.4, 0.5) is 4.39 Å². The summed E-state index contributed by atoms with van der Waals surface area (Å²) in [6, 6.07) is 6.69. The van der Waals surface area contributed by atoms with E-state index in [2.05, 4.69) is 26.1 Å². The number of thioether (sulfide) groups is 1. The third kappa shape index (κ3) is 5.52. The van der Waals surface area contributed by atoms with Gasteiger partial charge in [0.15, 0.2) is 0 Å². The molecule has 0 aliphatic rings. The minimum atomic E-state index is -0.171. The fourth-order valence-electron chi connectivity index (χ4n) is 1.36. The summed E-state index contributed by atoms with van der Waals surface area (Å²) in [5, 5.41) is 3.93. The summed E-state index contributed by atoms with van der Waals surface area (Å²) in [4.78, 5) is 1.13. The average Bonchev–Trinajstić information content (AvgIpc) is 2.21. The molecule has 0 aliphatic heterocycles. The summed E-state index contributed by atoms with van der Waals surface area (Å²) in [5.41, 5.74) is 0. The second-order valence-electron chi connectivity index (χ2n) is 4.43. The van der Waals surface area contributed by atoms with Crippen LogP contribution in [-0.4, -0.2) is 18.3 Å². The number of halogens is 1. The maximum atomic E-state index is 12.7. The number of benzene rings is 1. The molecule has 0 fully saturated rings. The van der Waals surface area contributed by atoms with E-state index < -0.39 is 0 Å². The maximum absolute atomic E-state index is 12.7. The smallest absolute Gasteiger partial charge is 0.123 e. The summed E-state index contributed by atoms with van der Waals surface area (Å²) < 4.78 is 12.7. The molecule has 1 atom stereocenters. The van der Waals surface area contributed by atoms with E-state index in [0.717, 1.165) is 18.0 Å². The number of hydrogen-bond donors (Lipinski definition) is 1. The molecule has 1 aromatic rings. The van der Waals surface area contributed by atoms with Crippen molar-refractivity contribution in [2.24, 2.45) is 5.92 Å². The fourth-order valence-corrected chi connectivity index (χ4v) is 2.32. The van der Waals surface area contributed by atoms with E-state index in [-0.39, 0.29) is 5.82 Å². The van der Waals surface area contributed by atoms with E-state index in [1.54, 1.807) is 11.8 Å². The van der Waals surface area contributed by atoms with E-state index >= 15 is 0 Å². The lowest BCUT2D eigenvalue weighted by molar-refractivity contribution is 0.554. The van der Waals surface area contributed by atoms with Gasteiger partial charge in [0, 0.05) is 16.7 Å². The van der Waals surface area contributed by atoms with E-state index in [0.29, 0.717) is 11.2 Å². The molecule has 0 heterocycles. The van der Waals surface area contributed by atoms with Crippen LogP contribution in [0.15, 0.2) is 29.2 Å². The quantitative estimate of drug-likeness (QED) is 0.764. The van der Waals surface area contributed by atoms with Crippen LogP contribution in [0.3, 0.4) is 0 Å². The molecule has 16 heavy (non-hydrogen) atoms. The van der Waals surface area contributed by atoms with Gasteiger partial charge in [-0.3, -0.25) is 0 Å². The molecule has 1 unspecified atom stereocenters. The summed E-state index contributed by atoms with van der Waals surface area (Å²) in [5.74, 6) is 0.512. The van der Waals surface area contributed by atoms with Gasteiger partial charge in [-0.2, -0.15) is 0 Å². The Morgan fingerprint density at radius 2 is 1.75 bits per heavy atom. The number of hydrogen-bond acceptors (Lipinski definition) is 2. The first-order valence-electron chi connectivity index (χ1n) is 5.71. The Morgan fingerprint density at radius 1 is 1.12 bits per heavy atom. The molecule has 0 amide bonds. The molecule has 0 aliphatic carbocycles. The van der Waals surface area contributed by atoms with E-state index in [1.165, 1.54) is 12.1 Å². The Balaban J connectivity index is 2.28. The zero-order valence-electron chi connectivity index (χ0n) is 10.2. The summed E-state index contributed by atoms with van der Waals surface area (Å²) in [7, 11) is 0. The van der Waals surface area contributed by atoms with Gasteiger partial charge in [-0.15, -0.1) is 11.8 Å². The van der Waals surface area contributed by atoms with Gasteiger partial charge in [-0.25, -0.2) is 4.39 Å². The van der Waals surface area contributed by atoms with Crippen molar-refractivity contribution in [3.8, 4) is 0 Å². The molecule has 0 spiro atoms. The third-order valence-electron chi connectivity index (χ3n) is 2.14. The molecule has 0 aromatic heterocycles. The first kappa shape index (κ1) is 13.5. The van der Waals surface area contributed by atoms with Crippen molar-refractivity contribution in [2.75, 3.05) is 13.1 Å². The predicted octanol–water partition coefficient (Wildman–Crippen LogP) is 3.55. The van der Waals surface area contributed by atoms with Crippen LogP contribution in [0.1, 0.15) is 20.8 Å². The van der Waals surface area contributed by atoms with Crippen LogP contribution < -0.4 is 5.32 Å². The van der Waals surface area contributed by atoms with Crippen molar-refractivity contribution >= 4 is 11.8 Å². The Bertz CT molecular complexity index is 297. The Kier molecular flexibility index (Phi) is 5.85. The third-order valence-corrected chi connectivity index (χ3v) is 3.25. The van der Waals surface area contributed by atoms with Gasteiger partial charge >= 0.3 is 0 Å². The zero-order valence-corrected chi connectivity index (χ0v) is 11.0. The summed E-state index contributed by atoms with van der Waals surface area (Å²) >= 11 is 1.77. The molecule has 1 N–H and O–H groups in total. The van der Waals surface area contributed by atoms with Crippen LogP contribution in [-0.2, 0) is 0 Å². The lowest BCUT2D eigenvalue weighted by atomic mass is 10.2. The monoisotopic (exact) mass is 241 g/mol. The highest BCUT2D eigenvalue weighted by atomic mass is 32.2. The topological polar surface area (TPSA) is 12.0 Å². The van der Waals surface area contributed by atoms with Crippen molar-refractivity contribution in [2.45, 2.75) is 30.9 Å². The van der Waals surface area contributed by atoms with Crippen LogP contribution in [0.5, 0.6) is 0 Å². The van der Waals surface area contributed by atoms with Crippen molar-refractivity contribution < 1.29 is 4.39 Å². The maximum Gasteiger partial charge on any atom is 0.123 e. The number of rotatable bonds is 6. The molecule has 1 aromatic carbocycles. The van der Waals surface area contributed by atoms with Crippen molar-refractivity contribution in [3.63, 3.8) is 0 Å². The molecule has 0 bridgehead atoms. The first-order valence-corrected chi connectivity index (χ1v) is 6.59. The van der Waals surface area contributed by atoms with Gasteiger partial charge in [-0.1, -0.05) is 20.8 Å². The summed E-state index contributed by atoms with van der Waals surface area (Å²) in [6.45, 7) is 8.62. The highest BCUT2D eigenvalue weighted by Crippen LogP contribution is 2.22. The lowest BCUT2D eigenvalue weighted by Gasteiger charge is -2.13. The van der Waals surface area contributed by atoms with E-state index in [9.17, 15) is 4.39 Å². The molecule has 1 rings (SSSR count). The van der Waals surface area contributed by atoms with E-state index in [1.807, 2.05) is 12.1 Å². The van der Waals surface area contributed by atoms with Gasteiger partial charge in [0.05, 0.1) is 0 Å². The summed E-state index contributed by atoms with van der Waals surface area (Å²) in [6.07, 6.45) is 0. The average molecular weight is 241 g/mol. The molecule has 3 heteroatoms. The molecule has 0 radical (unpaired) electrons. The second-order valence-corrected chi connectivity index (χ2v) is 5.95. The Morgan fingerprint density at radius 3 is 2.31 bits per heavy atom. The Hall–Kier alpha value is -0.540. The standard InChI is InChI=1S/C13H20FNS/c1-10(2)8-15-9-11(3)16-13-6-4-12(14)5-7-13/h4-7,10-11,15H,8-9H2,1-3H3. The molecule has 1 nitrogen and oxygen atoms in total. The van der Waals surface area contributed by atoms with Gasteiger partial charge in [-0.05, 0) is 36.7 Å². The molecule has 0 saturated heterocycles. The van der Waals surface area contributed by atoms with Crippen molar-refractivity contribution in [3.05, 3.63) is 30.1 Å². The van der Waals surface area contributed by atoms with Crippen LogP contribution >= 0.6 is 11.8 Å². The molecular formula is C13H20FNS. The zero-order chi connectivity index (χ0) is 12.0. The largest absolute Gasteiger partial charge is 0.315 e. The normalized spacial score (nSPS) is 13.1. The van der Waals surface area contributed by atoms with Crippen molar-refractivity contribution in [1.29, 1.82) is 0 Å². The van der Waals surface area contributed by atoms with Crippen LogP contribution in [0.25, 0.3) is 0 Å². The fraction of sp³-hybridized carbons (Fsp3) is 0.538. The van der Waals surface area contributed by atoms with E-state index in [4.69, 9.17) is 0 Å². The van der Waals surface area contributed by atoms with Gasteiger partial charge in [0.2, 0.25) is 0 Å². The number of nitrogens with one attached hydrogen (secondary N) is 1. The van der Waals surface area contributed by atoms with Crippen LogP contribution in [0, 0.1) is 11.7 Å². The van der Waals surface area contributed by atoms with Gasteiger partial charge in [0.1, 0.15) is 5.82 Å². The minimum Gasteiger partial charge on any atom is -0.315 e. The second kappa shape index (κ2) is 6.92. The lowest BCUT2D eigenvalue weighted by Crippen LogP contribution is -2.26. The highest BCUT2D eigenvalue weighted by molar-refractivity contribution is 8.00. The Labute approximate surface area is 102 Å².